The van der Waals surface area contributed by atoms with E-state index in [9.17, 15) is 14.7 Å². The van der Waals surface area contributed by atoms with Crippen LogP contribution in [0.15, 0.2) is 9.59 Å². The van der Waals surface area contributed by atoms with Gasteiger partial charge in [0.1, 0.15) is 6.23 Å². The van der Waals surface area contributed by atoms with Gasteiger partial charge in [-0.2, -0.15) is 4.98 Å². The fourth-order valence-electron chi connectivity index (χ4n) is 3.08. The zero-order valence-electron chi connectivity index (χ0n) is 13.2. The lowest BCUT2D eigenvalue weighted by molar-refractivity contribution is -0.0597. The van der Waals surface area contributed by atoms with Crippen molar-refractivity contribution in [2.24, 2.45) is 0 Å². The fraction of sp³-hybridized carbons (Fsp3) is 0.533. The minimum Gasteiger partial charge on any atom is -0.390 e. The Morgan fingerprint density at radius 3 is 2.96 bits per heavy atom. The van der Waals surface area contributed by atoms with Crippen LogP contribution >= 0.6 is 0 Å². The summed E-state index contributed by atoms with van der Waals surface area (Å²) in [5.41, 5.74) is 4.79. The molecule has 3 heterocycles. The van der Waals surface area contributed by atoms with E-state index in [1.54, 1.807) is 0 Å². The van der Waals surface area contributed by atoms with Gasteiger partial charge in [0.25, 0.3) is 5.56 Å². The number of hydrogen-bond donors (Lipinski definition) is 3. The molecule has 1 saturated heterocycles. The van der Waals surface area contributed by atoms with Crippen LogP contribution in [0, 0.1) is 12.3 Å². The van der Waals surface area contributed by atoms with Gasteiger partial charge in [0.05, 0.1) is 18.8 Å². The number of terminal acetylenes is 1. The van der Waals surface area contributed by atoms with Crippen LogP contribution in [0.3, 0.4) is 0 Å². The van der Waals surface area contributed by atoms with Gasteiger partial charge in [-0.05, 0) is 19.3 Å². The highest BCUT2D eigenvalue weighted by atomic mass is 16.5. The molecule has 0 spiro atoms. The standard InChI is InChI=1S/C15H19N5O4/c1-3-7-19-11-12(17-14(16)18-13(11)22)20(15(19)23)10-6-5-9(24-10)8(21)4-2/h1,8-10,21H,4-7H2,2H3,(H3,16,17,18,22). The number of rotatable bonds is 4. The monoisotopic (exact) mass is 333 g/mol. The highest BCUT2D eigenvalue weighted by Gasteiger charge is 2.34. The molecule has 0 saturated carbocycles. The third-order valence-electron chi connectivity index (χ3n) is 4.24. The van der Waals surface area contributed by atoms with Crippen LogP contribution in [-0.2, 0) is 11.3 Å². The molecule has 128 valence electrons. The number of nitrogens with one attached hydrogen (secondary N) is 1. The van der Waals surface area contributed by atoms with E-state index in [2.05, 4.69) is 15.9 Å². The SMILES string of the molecule is C#CCn1c(=O)n(C2CCC(C(O)CC)O2)c2nc(N)[nH]c(=O)c21. The maximum absolute atomic E-state index is 12.7. The van der Waals surface area contributed by atoms with Gasteiger partial charge in [-0.3, -0.25) is 14.3 Å². The Morgan fingerprint density at radius 2 is 2.29 bits per heavy atom. The Balaban J connectivity index is 2.15. The molecule has 24 heavy (non-hydrogen) atoms. The molecule has 3 rings (SSSR count). The van der Waals surface area contributed by atoms with Gasteiger partial charge >= 0.3 is 5.69 Å². The fourth-order valence-corrected chi connectivity index (χ4v) is 3.08. The molecule has 2 aromatic heterocycles. The average Bonchev–Trinajstić information content (AvgIpc) is 3.11. The summed E-state index contributed by atoms with van der Waals surface area (Å²) in [6, 6.07) is 0. The van der Waals surface area contributed by atoms with Crippen LogP contribution in [0.2, 0.25) is 0 Å². The van der Waals surface area contributed by atoms with Crippen LogP contribution in [0.1, 0.15) is 32.4 Å². The van der Waals surface area contributed by atoms with E-state index in [1.807, 2.05) is 6.92 Å². The zero-order chi connectivity index (χ0) is 17.4. The van der Waals surface area contributed by atoms with E-state index < -0.39 is 23.6 Å². The number of nitrogens with two attached hydrogens (primary N) is 1. The van der Waals surface area contributed by atoms with Crippen LogP contribution in [0.4, 0.5) is 5.95 Å². The summed E-state index contributed by atoms with van der Waals surface area (Å²) in [5.74, 6) is 2.26. The second-order valence-electron chi connectivity index (χ2n) is 5.75. The summed E-state index contributed by atoms with van der Waals surface area (Å²) in [6.45, 7) is 1.79. The molecular weight excluding hydrogens is 314 g/mol. The summed E-state index contributed by atoms with van der Waals surface area (Å²) in [7, 11) is 0. The number of fused-ring (bicyclic) bond motifs is 1. The molecule has 3 unspecified atom stereocenters. The van der Waals surface area contributed by atoms with Crippen molar-refractivity contribution in [1.82, 2.24) is 19.1 Å². The number of H-pyrrole nitrogens is 1. The van der Waals surface area contributed by atoms with Gasteiger partial charge in [-0.15, -0.1) is 6.42 Å². The number of aromatic amines is 1. The topological polar surface area (TPSA) is 128 Å². The Hall–Kier alpha value is -2.57. The smallest absolute Gasteiger partial charge is 0.333 e. The van der Waals surface area contributed by atoms with Crippen LogP contribution < -0.4 is 17.0 Å². The molecule has 1 aliphatic rings. The van der Waals surface area contributed by atoms with Gasteiger partial charge in [-0.1, -0.05) is 12.8 Å². The van der Waals surface area contributed by atoms with Gasteiger partial charge in [0, 0.05) is 0 Å². The maximum Gasteiger partial charge on any atom is 0.333 e. The zero-order valence-corrected chi connectivity index (χ0v) is 13.2. The predicted molar refractivity (Wildman–Crippen MR) is 87.3 cm³/mol. The molecule has 0 aromatic carbocycles. The van der Waals surface area contributed by atoms with Crippen molar-refractivity contribution in [3.8, 4) is 12.3 Å². The molecular formula is C15H19N5O4. The quantitative estimate of drug-likeness (QED) is 0.650. The first kappa shape index (κ1) is 16.3. The number of imidazole rings is 1. The summed E-state index contributed by atoms with van der Waals surface area (Å²) in [4.78, 5) is 31.4. The number of aliphatic hydroxyl groups is 1. The van der Waals surface area contributed by atoms with Crippen LogP contribution in [0.25, 0.3) is 11.2 Å². The van der Waals surface area contributed by atoms with Gasteiger partial charge in [-0.25, -0.2) is 9.36 Å². The number of nitrogen functional groups attached to an aromatic ring is 1. The number of hydrogen-bond acceptors (Lipinski definition) is 6. The van der Waals surface area contributed by atoms with Crippen molar-refractivity contribution >= 4 is 17.1 Å². The molecule has 0 amide bonds. The lowest BCUT2D eigenvalue weighted by Crippen LogP contribution is -2.30. The van der Waals surface area contributed by atoms with E-state index in [-0.39, 0.29) is 29.8 Å². The Labute approximate surface area is 137 Å². The van der Waals surface area contributed by atoms with E-state index in [0.717, 1.165) is 0 Å². The Morgan fingerprint density at radius 1 is 1.54 bits per heavy atom. The van der Waals surface area contributed by atoms with Crippen molar-refractivity contribution in [1.29, 1.82) is 0 Å². The minimum atomic E-state index is -0.626. The molecule has 0 aliphatic carbocycles. The van der Waals surface area contributed by atoms with Crippen LogP contribution in [-0.4, -0.2) is 36.4 Å². The summed E-state index contributed by atoms with van der Waals surface area (Å²) in [6.07, 6.45) is 5.38. The van der Waals surface area contributed by atoms with E-state index in [0.29, 0.717) is 19.3 Å². The molecule has 4 N–H and O–H groups in total. The van der Waals surface area contributed by atoms with Crippen molar-refractivity contribution in [3.63, 3.8) is 0 Å². The van der Waals surface area contributed by atoms with E-state index in [1.165, 1.54) is 9.13 Å². The normalized spacial score (nSPS) is 21.9. The van der Waals surface area contributed by atoms with Crippen molar-refractivity contribution in [2.45, 2.75) is 51.2 Å². The van der Waals surface area contributed by atoms with E-state index in [4.69, 9.17) is 16.9 Å². The summed E-state index contributed by atoms with van der Waals surface area (Å²) in [5, 5.41) is 9.95. The number of ether oxygens (including phenoxy) is 1. The van der Waals surface area contributed by atoms with Gasteiger partial charge < -0.3 is 15.6 Å². The first-order chi connectivity index (χ1) is 11.5. The highest BCUT2D eigenvalue weighted by Crippen LogP contribution is 2.31. The van der Waals surface area contributed by atoms with E-state index >= 15 is 0 Å². The molecule has 9 nitrogen and oxygen atoms in total. The molecule has 0 radical (unpaired) electrons. The Bertz CT molecular complexity index is 919. The van der Waals surface area contributed by atoms with Crippen LogP contribution in [0.5, 0.6) is 0 Å². The Kier molecular flexibility index (Phi) is 4.17. The van der Waals surface area contributed by atoms with Crippen molar-refractivity contribution in [2.75, 3.05) is 5.73 Å². The molecule has 0 bridgehead atoms. The second-order valence-corrected chi connectivity index (χ2v) is 5.75. The third kappa shape index (κ3) is 2.50. The highest BCUT2D eigenvalue weighted by molar-refractivity contribution is 5.71. The van der Waals surface area contributed by atoms with Gasteiger partial charge in [0.2, 0.25) is 5.95 Å². The minimum absolute atomic E-state index is 0.0647. The molecule has 1 aliphatic heterocycles. The largest absolute Gasteiger partial charge is 0.390 e. The van der Waals surface area contributed by atoms with Crippen molar-refractivity contribution in [3.05, 3.63) is 20.8 Å². The lowest BCUT2D eigenvalue weighted by Gasteiger charge is -2.18. The predicted octanol–water partition coefficient (Wildman–Crippen LogP) is -0.450. The number of aromatic nitrogens is 4. The molecule has 1 fully saturated rings. The average molecular weight is 333 g/mol. The third-order valence-corrected chi connectivity index (χ3v) is 4.24. The number of anilines is 1. The maximum atomic E-state index is 12.7. The molecule has 9 heteroatoms. The van der Waals surface area contributed by atoms with Gasteiger partial charge in [0.15, 0.2) is 11.2 Å². The molecule has 2 aromatic rings. The summed E-state index contributed by atoms with van der Waals surface area (Å²) >= 11 is 0. The second kappa shape index (κ2) is 6.14. The number of nitrogens with zero attached hydrogens (tertiary/aromatic N) is 3. The first-order valence-electron chi connectivity index (χ1n) is 7.75. The summed E-state index contributed by atoms with van der Waals surface area (Å²) < 4.78 is 8.28. The van der Waals surface area contributed by atoms with Crippen molar-refractivity contribution < 1.29 is 9.84 Å². The molecule has 3 atom stereocenters. The lowest BCUT2D eigenvalue weighted by atomic mass is 10.1. The number of aliphatic hydroxyl groups excluding tert-OH is 1. The first-order valence-corrected chi connectivity index (χ1v) is 7.75.